The van der Waals surface area contributed by atoms with Crippen molar-refractivity contribution < 1.29 is 9.53 Å². The van der Waals surface area contributed by atoms with Crippen molar-refractivity contribution in [3.63, 3.8) is 0 Å². The molecule has 3 aromatic rings. The van der Waals surface area contributed by atoms with Crippen LogP contribution in [0.5, 0.6) is 5.75 Å². The Morgan fingerprint density at radius 2 is 1.75 bits per heavy atom. The third kappa shape index (κ3) is 3.02. The number of rotatable bonds is 3. The fourth-order valence-corrected chi connectivity index (χ4v) is 2.68. The van der Waals surface area contributed by atoms with Gasteiger partial charge in [-0.3, -0.25) is 4.79 Å². The maximum absolute atomic E-state index is 13.0. The number of carbonyl (C=O) groups excluding carboxylic acids is 1. The number of ketones is 1. The number of aromatic nitrogens is 1. The highest BCUT2D eigenvalue weighted by atomic mass is 16.5. The van der Waals surface area contributed by atoms with Crippen molar-refractivity contribution in [1.82, 2.24) is 4.98 Å². The summed E-state index contributed by atoms with van der Waals surface area (Å²) in [7, 11) is 1.58. The zero-order chi connectivity index (χ0) is 17.3. The molecule has 1 heterocycles. The molecule has 0 amide bonds. The van der Waals surface area contributed by atoms with E-state index in [1.165, 1.54) is 0 Å². The highest BCUT2D eigenvalue weighted by Gasteiger charge is 2.21. The summed E-state index contributed by atoms with van der Waals surface area (Å²) in [4.78, 5) is 17.5. The molecule has 0 unspecified atom stereocenters. The Hall–Kier alpha value is -2.68. The molecule has 0 N–H and O–H groups in total. The van der Waals surface area contributed by atoms with E-state index in [2.05, 4.69) is 25.8 Å². The molecule has 2 aromatic carbocycles. The molecule has 24 heavy (non-hydrogen) atoms. The molecule has 0 aliphatic heterocycles. The van der Waals surface area contributed by atoms with Crippen LogP contribution in [-0.2, 0) is 5.41 Å². The minimum atomic E-state index is -0.122. The Balaban J connectivity index is 2.10. The van der Waals surface area contributed by atoms with Crippen LogP contribution in [0, 0.1) is 0 Å². The molecule has 3 nitrogen and oxygen atoms in total. The average Bonchev–Trinajstić information content (AvgIpc) is 2.59. The zero-order valence-corrected chi connectivity index (χ0v) is 14.5. The summed E-state index contributed by atoms with van der Waals surface area (Å²) in [6.07, 6.45) is 0. The van der Waals surface area contributed by atoms with Crippen LogP contribution >= 0.6 is 0 Å². The summed E-state index contributed by atoms with van der Waals surface area (Å²) >= 11 is 0. The third-order valence-electron chi connectivity index (χ3n) is 4.14. The Morgan fingerprint density at radius 1 is 1.00 bits per heavy atom. The third-order valence-corrected chi connectivity index (χ3v) is 4.14. The Morgan fingerprint density at radius 3 is 2.46 bits per heavy atom. The van der Waals surface area contributed by atoms with E-state index in [0.29, 0.717) is 17.0 Å². The molecule has 122 valence electrons. The number of fused-ring (bicyclic) bond motifs is 1. The standard InChI is InChI=1S/C21H21NO2/c1-21(2,3)15-10-12-19(24-4)16(13-15)20(23)18-11-9-14-7-5-6-8-17(14)22-18/h5-13H,1-4H3. The van der Waals surface area contributed by atoms with Crippen molar-refractivity contribution >= 4 is 16.7 Å². The number of nitrogens with zero attached hydrogens (tertiary/aromatic N) is 1. The van der Waals surface area contributed by atoms with Gasteiger partial charge in [-0.2, -0.15) is 0 Å². The molecule has 0 saturated carbocycles. The van der Waals surface area contributed by atoms with Crippen LogP contribution in [-0.4, -0.2) is 17.9 Å². The van der Waals surface area contributed by atoms with E-state index in [1.54, 1.807) is 13.2 Å². The maximum Gasteiger partial charge on any atom is 0.215 e. The van der Waals surface area contributed by atoms with Gasteiger partial charge in [-0.25, -0.2) is 4.98 Å². The van der Waals surface area contributed by atoms with Crippen LogP contribution in [0.25, 0.3) is 10.9 Å². The highest BCUT2D eigenvalue weighted by Crippen LogP contribution is 2.29. The van der Waals surface area contributed by atoms with Crippen molar-refractivity contribution in [1.29, 1.82) is 0 Å². The zero-order valence-electron chi connectivity index (χ0n) is 14.5. The molecular weight excluding hydrogens is 298 g/mol. The molecule has 3 rings (SSSR count). The van der Waals surface area contributed by atoms with Gasteiger partial charge >= 0.3 is 0 Å². The van der Waals surface area contributed by atoms with Gasteiger partial charge in [0.15, 0.2) is 0 Å². The highest BCUT2D eigenvalue weighted by molar-refractivity contribution is 6.10. The molecule has 0 aliphatic carbocycles. The molecule has 1 aromatic heterocycles. The molecule has 0 atom stereocenters. The smallest absolute Gasteiger partial charge is 0.215 e. The van der Waals surface area contributed by atoms with Gasteiger partial charge in [-0.15, -0.1) is 0 Å². The number of pyridine rings is 1. The number of carbonyl (C=O) groups is 1. The lowest BCUT2D eigenvalue weighted by Crippen LogP contribution is -2.14. The fraction of sp³-hybridized carbons (Fsp3) is 0.238. The van der Waals surface area contributed by atoms with Crippen LogP contribution < -0.4 is 4.74 Å². The predicted octanol–water partition coefficient (Wildman–Crippen LogP) is 4.77. The van der Waals surface area contributed by atoms with E-state index in [9.17, 15) is 4.79 Å². The minimum Gasteiger partial charge on any atom is -0.496 e. The number of para-hydroxylation sites is 1. The molecule has 0 radical (unpaired) electrons. The largest absolute Gasteiger partial charge is 0.496 e. The van der Waals surface area contributed by atoms with Gasteiger partial charge in [0.25, 0.3) is 0 Å². The summed E-state index contributed by atoms with van der Waals surface area (Å²) in [5.41, 5.74) is 2.84. The second kappa shape index (κ2) is 6.08. The van der Waals surface area contributed by atoms with Gasteiger partial charge in [-0.1, -0.05) is 51.1 Å². The SMILES string of the molecule is COc1ccc(C(C)(C)C)cc1C(=O)c1ccc2ccccc2n1. The molecule has 3 heteroatoms. The Kier molecular flexibility index (Phi) is 4.10. The van der Waals surface area contributed by atoms with Gasteiger partial charge in [0, 0.05) is 5.39 Å². The lowest BCUT2D eigenvalue weighted by Gasteiger charge is -2.20. The van der Waals surface area contributed by atoms with Crippen molar-refractivity contribution in [3.05, 3.63) is 71.4 Å². The lowest BCUT2D eigenvalue weighted by molar-refractivity contribution is 0.103. The van der Waals surface area contributed by atoms with Gasteiger partial charge in [0.05, 0.1) is 18.2 Å². The number of methoxy groups -OCH3 is 1. The van der Waals surface area contributed by atoms with Crippen molar-refractivity contribution in [2.75, 3.05) is 7.11 Å². The summed E-state index contributed by atoms with van der Waals surface area (Å²) in [6.45, 7) is 6.37. The maximum atomic E-state index is 13.0. The molecule has 0 saturated heterocycles. The van der Waals surface area contributed by atoms with Crippen molar-refractivity contribution in [2.24, 2.45) is 0 Å². The summed E-state index contributed by atoms with van der Waals surface area (Å²) in [6, 6.07) is 17.2. The topological polar surface area (TPSA) is 39.2 Å². The van der Waals surface area contributed by atoms with E-state index in [0.717, 1.165) is 16.5 Å². The van der Waals surface area contributed by atoms with E-state index < -0.39 is 0 Å². The van der Waals surface area contributed by atoms with E-state index in [1.807, 2.05) is 48.5 Å². The van der Waals surface area contributed by atoms with Gasteiger partial charge < -0.3 is 4.74 Å². The van der Waals surface area contributed by atoms with Crippen molar-refractivity contribution in [3.8, 4) is 5.75 Å². The predicted molar refractivity (Wildman–Crippen MR) is 96.9 cm³/mol. The van der Waals surface area contributed by atoms with Crippen LogP contribution in [0.15, 0.2) is 54.6 Å². The number of ether oxygens (including phenoxy) is 1. The molecule has 0 fully saturated rings. The minimum absolute atomic E-state index is 0.0435. The summed E-state index contributed by atoms with van der Waals surface area (Å²) in [5.74, 6) is 0.451. The first-order valence-electron chi connectivity index (χ1n) is 7.99. The van der Waals surface area contributed by atoms with Crippen LogP contribution in [0.1, 0.15) is 42.4 Å². The molecular formula is C21H21NO2. The van der Waals surface area contributed by atoms with Crippen LogP contribution in [0.2, 0.25) is 0 Å². The lowest BCUT2D eigenvalue weighted by atomic mass is 9.85. The fourth-order valence-electron chi connectivity index (χ4n) is 2.68. The van der Waals surface area contributed by atoms with E-state index in [-0.39, 0.29) is 11.2 Å². The number of hydrogen-bond donors (Lipinski definition) is 0. The first-order chi connectivity index (χ1) is 11.4. The molecule has 0 bridgehead atoms. The second-order valence-electron chi connectivity index (χ2n) is 6.88. The van der Waals surface area contributed by atoms with Gasteiger partial charge in [0.1, 0.15) is 11.4 Å². The van der Waals surface area contributed by atoms with E-state index >= 15 is 0 Å². The van der Waals surface area contributed by atoms with Crippen molar-refractivity contribution in [2.45, 2.75) is 26.2 Å². The quantitative estimate of drug-likeness (QED) is 0.653. The molecule has 0 spiro atoms. The summed E-state index contributed by atoms with van der Waals surface area (Å²) in [5, 5.41) is 1.02. The monoisotopic (exact) mass is 319 g/mol. The molecule has 0 aliphatic rings. The van der Waals surface area contributed by atoms with E-state index in [4.69, 9.17) is 4.74 Å². The number of hydrogen-bond acceptors (Lipinski definition) is 3. The first kappa shape index (κ1) is 16.2. The first-order valence-corrected chi connectivity index (χ1v) is 7.99. The van der Waals surface area contributed by atoms with Crippen LogP contribution in [0.3, 0.4) is 0 Å². The van der Waals surface area contributed by atoms with Gasteiger partial charge in [-0.05, 0) is 35.2 Å². The summed E-state index contributed by atoms with van der Waals surface area (Å²) < 4.78 is 5.39. The normalized spacial score (nSPS) is 11.5. The Bertz CT molecular complexity index is 907. The van der Waals surface area contributed by atoms with Gasteiger partial charge in [0.2, 0.25) is 5.78 Å². The second-order valence-corrected chi connectivity index (χ2v) is 6.88. The average molecular weight is 319 g/mol. The Labute approximate surface area is 142 Å². The van der Waals surface area contributed by atoms with Crippen LogP contribution in [0.4, 0.5) is 0 Å². The number of benzene rings is 2.